The highest BCUT2D eigenvalue weighted by Gasteiger charge is 2.36. The number of amides is 4. The van der Waals surface area contributed by atoms with Crippen molar-refractivity contribution in [1.29, 1.82) is 0 Å². The monoisotopic (exact) mass is 487 g/mol. The van der Waals surface area contributed by atoms with Crippen LogP contribution < -0.4 is 24.8 Å². The van der Waals surface area contributed by atoms with Crippen LogP contribution in [0.1, 0.15) is 11.1 Å². The van der Waals surface area contributed by atoms with Crippen LogP contribution in [0.3, 0.4) is 0 Å². The predicted molar refractivity (Wildman–Crippen MR) is 111 cm³/mol. The molecule has 4 amide bonds. The number of nitrogens with zero attached hydrogens (tertiary/aromatic N) is 1. The van der Waals surface area contributed by atoms with Crippen molar-refractivity contribution < 1.29 is 33.8 Å². The van der Waals surface area contributed by atoms with Gasteiger partial charge in [0, 0.05) is 4.47 Å². The van der Waals surface area contributed by atoms with Gasteiger partial charge in [-0.05, 0) is 42.8 Å². The number of anilines is 1. The molecule has 1 aliphatic heterocycles. The van der Waals surface area contributed by atoms with Gasteiger partial charge in [0.05, 0.1) is 18.8 Å². The molecule has 31 heavy (non-hydrogen) atoms. The molecule has 2 aromatic carbocycles. The molecule has 0 radical (unpaired) electrons. The Bertz CT molecular complexity index is 1110. The first kappa shape index (κ1) is 22.0. The molecule has 0 aliphatic carbocycles. The molecule has 9 nitrogen and oxygen atoms in total. The smallest absolute Gasteiger partial charge is 0.335 e. The number of imide groups is 2. The molecule has 2 aromatic rings. The summed E-state index contributed by atoms with van der Waals surface area (Å²) in [7, 11) is 1.35. The minimum absolute atomic E-state index is 0.122. The Morgan fingerprint density at radius 1 is 1.16 bits per heavy atom. The van der Waals surface area contributed by atoms with Gasteiger partial charge in [0.2, 0.25) is 0 Å². The number of carbonyl (C=O) groups is 4. The summed E-state index contributed by atoms with van der Waals surface area (Å²) in [4.78, 5) is 49.1. The number of carbonyl (C=O) groups excluding carboxylic acids is 4. The number of benzene rings is 2. The van der Waals surface area contributed by atoms with Crippen molar-refractivity contribution >= 4 is 51.5 Å². The van der Waals surface area contributed by atoms with Gasteiger partial charge < -0.3 is 19.4 Å². The van der Waals surface area contributed by atoms with E-state index in [-0.39, 0.29) is 17.1 Å². The van der Waals surface area contributed by atoms with Gasteiger partial charge in [0.25, 0.3) is 11.8 Å². The van der Waals surface area contributed by atoms with Crippen molar-refractivity contribution in [3.63, 3.8) is 0 Å². The second-order valence-corrected chi connectivity index (χ2v) is 7.33. The van der Waals surface area contributed by atoms with Crippen molar-refractivity contribution in [2.24, 2.45) is 0 Å². The zero-order valence-corrected chi connectivity index (χ0v) is 18.0. The minimum atomic E-state index is -1.41. The molecule has 0 spiro atoms. The zero-order valence-electron chi connectivity index (χ0n) is 16.4. The summed E-state index contributed by atoms with van der Waals surface area (Å²) < 4.78 is 10.7. The van der Waals surface area contributed by atoms with Crippen molar-refractivity contribution in [3.05, 3.63) is 57.6 Å². The number of rotatable bonds is 6. The molecule has 160 valence electrons. The number of halogens is 1. The van der Waals surface area contributed by atoms with E-state index in [1.165, 1.54) is 25.3 Å². The molecule has 10 heteroatoms. The zero-order chi connectivity index (χ0) is 22.7. The fourth-order valence-corrected chi connectivity index (χ4v) is 3.25. The fourth-order valence-electron chi connectivity index (χ4n) is 2.81. The van der Waals surface area contributed by atoms with Gasteiger partial charge in [-0.2, -0.15) is 0 Å². The van der Waals surface area contributed by atoms with Gasteiger partial charge in [-0.25, -0.2) is 9.69 Å². The lowest BCUT2D eigenvalue weighted by atomic mass is 10.1. The van der Waals surface area contributed by atoms with Crippen LogP contribution in [-0.2, 0) is 14.4 Å². The number of aliphatic carboxylic acids is 1. The Morgan fingerprint density at radius 2 is 1.84 bits per heavy atom. The van der Waals surface area contributed by atoms with Gasteiger partial charge >= 0.3 is 6.03 Å². The molecule has 0 aromatic heterocycles. The predicted octanol–water partition coefficient (Wildman–Crippen LogP) is 1.56. The molecule has 3 rings (SSSR count). The first-order valence-electron chi connectivity index (χ1n) is 8.89. The molecule has 1 fully saturated rings. The Labute approximate surface area is 185 Å². The largest absolute Gasteiger partial charge is 0.546 e. The van der Waals surface area contributed by atoms with Crippen LogP contribution >= 0.6 is 15.9 Å². The summed E-state index contributed by atoms with van der Waals surface area (Å²) in [5.41, 5.74) is 1.35. The number of hydrogen-bond donors (Lipinski definition) is 1. The third kappa shape index (κ3) is 4.75. The van der Waals surface area contributed by atoms with Gasteiger partial charge in [0.15, 0.2) is 11.5 Å². The van der Waals surface area contributed by atoms with E-state index in [1.54, 1.807) is 24.3 Å². The minimum Gasteiger partial charge on any atom is -0.546 e. The average molecular weight is 488 g/mol. The molecule has 1 N–H and O–H groups in total. The highest BCUT2D eigenvalue weighted by atomic mass is 79.9. The van der Waals surface area contributed by atoms with Crippen molar-refractivity contribution in [3.8, 4) is 11.5 Å². The van der Waals surface area contributed by atoms with Gasteiger partial charge in [0.1, 0.15) is 12.2 Å². The van der Waals surface area contributed by atoms with Crippen LogP contribution in [0.4, 0.5) is 10.5 Å². The van der Waals surface area contributed by atoms with Crippen LogP contribution in [0, 0.1) is 6.92 Å². The van der Waals surface area contributed by atoms with Crippen LogP contribution in [0.2, 0.25) is 0 Å². The number of urea groups is 1. The topological polar surface area (TPSA) is 125 Å². The summed E-state index contributed by atoms with van der Waals surface area (Å²) >= 11 is 3.30. The number of hydrogen-bond acceptors (Lipinski definition) is 7. The van der Waals surface area contributed by atoms with Crippen LogP contribution in [0.15, 0.2) is 46.4 Å². The lowest BCUT2D eigenvalue weighted by molar-refractivity contribution is -0.307. The molecule has 1 heterocycles. The third-order valence-electron chi connectivity index (χ3n) is 4.32. The Hall–Kier alpha value is -3.66. The quantitative estimate of drug-likeness (QED) is 0.483. The highest BCUT2D eigenvalue weighted by Crippen LogP contribution is 2.35. The molecule has 0 atom stereocenters. The summed E-state index contributed by atoms with van der Waals surface area (Å²) in [6.45, 7) is 1.18. The maximum atomic E-state index is 13.0. The normalized spacial score (nSPS) is 15.1. The fraction of sp³-hybridized carbons (Fsp3) is 0.143. The van der Waals surface area contributed by atoms with E-state index in [2.05, 4.69) is 21.2 Å². The number of aryl methyl sites for hydroxylation is 1. The molecule has 1 aliphatic rings. The van der Waals surface area contributed by atoms with Gasteiger partial charge in [-0.3, -0.25) is 14.9 Å². The Morgan fingerprint density at radius 3 is 2.45 bits per heavy atom. The lowest BCUT2D eigenvalue weighted by Crippen LogP contribution is -2.54. The molecular weight excluding hydrogens is 472 g/mol. The summed E-state index contributed by atoms with van der Waals surface area (Å²) in [6.07, 6.45) is 1.29. The van der Waals surface area contributed by atoms with Crippen molar-refractivity contribution in [2.75, 3.05) is 18.6 Å². The SMILES string of the molecule is COc1cc(/C=C2\C(=O)NC(=O)N(c3ccc(C)cc3)C2=O)c(Br)cc1OCC(=O)[O-]. The van der Waals surface area contributed by atoms with E-state index in [0.29, 0.717) is 15.7 Å². The van der Waals surface area contributed by atoms with Crippen molar-refractivity contribution in [2.45, 2.75) is 6.92 Å². The lowest BCUT2D eigenvalue weighted by Gasteiger charge is -2.26. The molecule has 0 saturated carbocycles. The van der Waals surface area contributed by atoms with Crippen LogP contribution in [0.25, 0.3) is 6.08 Å². The highest BCUT2D eigenvalue weighted by molar-refractivity contribution is 9.10. The van der Waals surface area contributed by atoms with E-state index in [4.69, 9.17) is 9.47 Å². The third-order valence-corrected chi connectivity index (χ3v) is 5.01. The molecular formula is C21H16BrN2O7-. The standard InChI is InChI=1S/C21H17BrN2O7/c1-11-3-5-13(6-4-11)24-20(28)14(19(27)23-21(24)29)7-12-8-16(30-2)17(9-15(12)22)31-10-18(25)26/h3-9H,10H2,1-2H3,(H,25,26)(H,23,27,29)/p-1/b14-7+. The molecule has 0 unspecified atom stereocenters. The number of carboxylic acids is 1. The first-order chi connectivity index (χ1) is 14.7. The van der Waals surface area contributed by atoms with E-state index >= 15 is 0 Å². The van der Waals surface area contributed by atoms with E-state index in [9.17, 15) is 24.3 Å². The second-order valence-electron chi connectivity index (χ2n) is 6.48. The second kappa shape index (κ2) is 9.00. The number of barbiturate groups is 1. The maximum absolute atomic E-state index is 13.0. The Kier molecular flexibility index (Phi) is 6.40. The van der Waals surface area contributed by atoms with Crippen LogP contribution in [0.5, 0.6) is 11.5 Å². The number of ether oxygens (including phenoxy) is 2. The Balaban J connectivity index is 2.00. The summed E-state index contributed by atoms with van der Waals surface area (Å²) in [6, 6.07) is 8.71. The number of nitrogens with one attached hydrogen (secondary N) is 1. The maximum Gasteiger partial charge on any atom is 0.335 e. The van der Waals surface area contributed by atoms with Crippen molar-refractivity contribution in [1.82, 2.24) is 5.32 Å². The number of methoxy groups -OCH3 is 1. The van der Waals surface area contributed by atoms with Gasteiger partial charge in [-0.15, -0.1) is 0 Å². The van der Waals surface area contributed by atoms with E-state index in [0.717, 1.165) is 10.5 Å². The van der Waals surface area contributed by atoms with Gasteiger partial charge in [-0.1, -0.05) is 33.6 Å². The molecule has 0 bridgehead atoms. The molecule has 1 saturated heterocycles. The average Bonchev–Trinajstić information content (AvgIpc) is 2.71. The van der Waals surface area contributed by atoms with E-state index in [1.807, 2.05) is 6.92 Å². The number of carboxylic acid groups (broad SMARTS) is 1. The van der Waals surface area contributed by atoms with Crippen LogP contribution in [-0.4, -0.2) is 37.5 Å². The summed E-state index contributed by atoms with van der Waals surface area (Å²) in [5.74, 6) is -2.75. The van der Waals surface area contributed by atoms with E-state index < -0.39 is 30.4 Å². The summed E-state index contributed by atoms with van der Waals surface area (Å²) in [5, 5.41) is 12.8. The first-order valence-corrected chi connectivity index (χ1v) is 9.69.